The summed E-state index contributed by atoms with van der Waals surface area (Å²) in [5, 5.41) is 0. The van der Waals surface area contributed by atoms with Gasteiger partial charge >= 0.3 is 0 Å². The monoisotopic (exact) mass is 291 g/mol. The minimum absolute atomic E-state index is 0.772. The molecule has 0 amide bonds. The molecule has 0 N–H and O–H groups in total. The SMILES string of the molecule is BN1CCC2(CCC(I)CC2)CC1. The summed E-state index contributed by atoms with van der Waals surface area (Å²) < 4.78 is 0.975. The summed E-state index contributed by atoms with van der Waals surface area (Å²) >= 11 is 2.63. The van der Waals surface area contributed by atoms with Crippen LogP contribution in [-0.2, 0) is 0 Å². The molecule has 2 aliphatic rings. The molecule has 1 nitrogen and oxygen atoms in total. The van der Waals surface area contributed by atoms with Crippen molar-refractivity contribution in [2.24, 2.45) is 5.41 Å². The highest BCUT2D eigenvalue weighted by Crippen LogP contribution is 2.45. The van der Waals surface area contributed by atoms with Crippen LogP contribution in [0.1, 0.15) is 38.5 Å². The Bertz CT molecular complexity index is 146. The molecule has 1 aliphatic carbocycles. The third-order valence-corrected chi connectivity index (χ3v) is 5.27. The summed E-state index contributed by atoms with van der Waals surface area (Å²) in [4.78, 5) is 2.49. The van der Waals surface area contributed by atoms with Gasteiger partial charge in [0.15, 0.2) is 7.98 Å². The lowest BCUT2D eigenvalue weighted by Crippen LogP contribution is -2.40. The largest absolute Gasteiger partial charge is 0.349 e. The van der Waals surface area contributed by atoms with Crippen LogP contribution in [0.5, 0.6) is 0 Å². The van der Waals surface area contributed by atoms with Crippen LogP contribution in [0, 0.1) is 5.41 Å². The first-order valence-electron chi connectivity index (χ1n) is 5.53. The van der Waals surface area contributed by atoms with E-state index in [1.165, 1.54) is 51.6 Å². The molecule has 0 aromatic carbocycles. The summed E-state index contributed by atoms with van der Waals surface area (Å²) in [6.45, 7) is 2.68. The first-order chi connectivity index (χ1) is 6.20. The Labute approximate surface area is 96.2 Å². The molecular weight excluding hydrogens is 272 g/mol. The standard InChI is InChI=1S/C10H19BIN/c11-13-7-5-10(6-8-13)3-1-9(12)2-4-10/h9H,1-8,11H2. The Morgan fingerprint density at radius 2 is 1.62 bits per heavy atom. The summed E-state index contributed by atoms with van der Waals surface area (Å²) in [6.07, 6.45) is 8.90. The first-order valence-corrected chi connectivity index (χ1v) is 6.77. The van der Waals surface area contributed by atoms with Crippen molar-refractivity contribution < 1.29 is 0 Å². The second-order valence-electron chi connectivity index (χ2n) is 4.98. The molecule has 1 heterocycles. The van der Waals surface area contributed by atoms with Crippen LogP contribution in [0.2, 0.25) is 0 Å². The van der Waals surface area contributed by atoms with Crippen LogP contribution in [0.3, 0.4) is 0 Å². The van der Waals surface area contributed by atoms with Gasteiger partial charge in [0.1, 0.15) is 0 Å². The van der Waals surface area contributed by atoms with Crippen LogP contribution in [-0.4, -0.2) is 29.8 Å². The molecule has 3 heteroatoms. The maximum Gasteiger partial charge on any atom is 0.185 e. The zero-order valence-electron chi connectivity index (χ0n) is 8.56. The molecule has 0 unspecified atom stereocenters. The molecule has 0 aromatic heterocycles. The van der Waals surface area contributed by atoms with Gasteiger partial charge in [-0.25, -0.2) is 0 Å². The summed E-state index contributed by atoms with van der Waals surface area (Å²) in [5.74, 6) is 0. The smallest absolute Gasteiger partial charge is 0.185 e. The van der Waals surface area contributed by atoms with Gasteiger partial charge in [-0.3, -0.25) is 0 Å². The Kier molecular flexibility index (Phi) is 3.23. The van der Waals surface area contributed by atoms with Crippen molar-refractivity contribution in [2.75, 3.05) is 13.1 Å². The van der Waals surface area contributed by atoms with Crippen molar-refractivity contribution in [1.29, 1.82) is 0 Å². The van der Waals surface area contributed by atoms with Crippen molar-refractivity contribution in [2.45, 2.75) is 42.4 Å². The number of rotatable bonds is 0. The zero-order chi connectivity index (χ0) is 9.31. The van der Waals surface area contributed by atoms with E-state index < -0.39 is 0 Å². The minimum Gasteiger partial charge on any atom is -0.349 e. The van der Waals surface area contributed by atoms with Crippen molar-refractivity contribution >= 4 is 30.6 Å². The van der Waals surface area contributed by atoms with Crippen LogP contribution >= 0.6 is 22.6 Å². The lowest BCUT2D eigenvalue weighted by Gasteiger charge is -2.44. The minimum atomic E-state index is 0.772. The van der Waals surface area contributed by atoms with Gasteiger partial charge in [0, 0.05) is 3.92 Å². The molecule has 2 fully saturated rings. The second-order valence-corrected chi connectivity index (χ2v) is 6.74. The highest BCUT2D eigenvalue weighted by molar-refractivity contribution is 14.1. The molecule has 2 rings (SSSR count). The topological polar surface area (TPSA) is 3.24 Å². The van der Waals surface area contributed by atoms with E-state index in [4.69, 9.17) is 0 Å². The summed E-state index contributed by atoms with van der Waals surface area (Å²) in [5.41, 5.74) is 0.772. The van der Waals surface area contributed by atoms with Crippen molar-refractivity contribution in [3.63, 3.8) is 0 Å². The fourth-order valence-corrected chi connectivity index (χ4v) is 3.41. The van der Waals surface area contributed by atoms with Gasteiger partial charge < -0.3 is 4.81 Å². The van der Waals surface area contributed by atoms with Gasteiger partial charge in [-0.15, -0.1) is 0 Å². The number of hydrogen-bond donors (Lipinski definition) is 0. The molecule has 1 aliphatic heterocycles. The highest BCUT2D eigenvalue weighted by atomic mass is 127. The van der Waals surface area contributed by atoms with Crippen molar-refractivity contribution in [1.82, 2.24) is 4.81 Å². The predicted molar refractivity (Wildman–Crippen MR) is 68.1 cm³/mol. The average molecular weight is 291 g/mol. The van der Waals surface area contributed by atoms with E-state index in [0.29, 0.717) is 0 Å². The van der Waals surface area contributed by atoms with E-state index in [9.17, 15) is 0 Å². The number of halogens is 1. The molecule has 1 spiro atoms. The first kappa shape index (κ1) is 10.3. The van der Waals surface area contributed by atoms with Crippen LogP contribution in [0.15, 0.2) is 0 Å². The molecule has 1 saturated heterocycles. The maximum absolute atomic E-state index is 2.63. The summed E-state index contributed by atoms with van der Waals surface area (Å²) in [7, 11) is 2.26. The van der Waals surface area contributed by atoms with Crippen LogP contribution in [0.25, 0.3) is 0 Å². The zero-order valence-corrected chi connectivity index (χ0v) is 10.7. The number of nitrogens with zero attached hydrogens (tertiary/aromatic N) is 1. The van der Waals surface area contributed by atoms with Crippen LogP contribution in [0.4, 0.5) is 0 Å². The molecular formula is C10H19BIN. The van der Waals surface area contributed by atoms with Gasteiger partial charge in [-0.05, 0) is 57.0 Å². The highest BCUT2D eigenvalue weighted by Gasteiger charge is 2.36. The molecule has 13 heavy (non-hydrogen) atoms. The van der Waals surface area contributed by atoms with E-state index in [1.807, 2.05) is 0 Å². The maximum atomic E-state index is 2.63. The van der Waals surface area contributed by atoms with Crippen LogP contribution < -0.4 is 0 Å². The Morgan fingerprint density at radius 3 is 2.15 bits per heavy atom. The normalized spacial score (nSPS) is 30.8. The van der Waals surface area contributed by atoms with E-state index in [0.717, 1.165) is 9.34 Å². The van der Waals surface area contributed by atoms with E-state index in [2.05, 4.69) is 35.4 Å². The number of piperidine rings is 1. The third kappa shape index (κ3) is 2.41. The molecule has 0 aromatic rings. The third-order valence-electron chi connectivity index (χ3n) is 4.02. The van der Waals surface area contributed by atoms with Gasteiger partial charge in [0.05, 0.1) is 0 Å². The molecule has 74 valence electrons. The van der Waals surface area contributed by atoms with Crippen molar-refractivity contribution in [3.8, 4) is 0 Å². The van der Waals surface area contributed by atoms with Gasteiger partial charge in [-0.1, -0.05) is 22.6 Å². The fourth-order valence-electron chi connectivity index (χ4n) is 2.79. The fraction of sp³-hybridized carbons (Fsp3) is 1.00. The van der Waals surface area contributed by atoms with E-state index >= 15 is 0 Å². The molecule has 0 atom stereocenters. The predicted octanol–water partition coefficient (Wildman–Crippen LogP) is 1.99. The lowest BCUT2D eigenvalue weighted by molar-refractivity contribution is 0.107. The summed E-state index contributed by atoms with van der Waals surface area (Å²) in [6, 6.07) is 0. The molecule has 0 radical (unpaired) electrons. The van der Waals surface area contributed by atoms with Gasteiger partial charge in [-0.2, -0.15) is 0 Å². The van der Waals surface area contributed by atoms with Crippen molar-refractivity contribution in [3.05, 3.63) is 0 Å². The molecule has 1 saturated carbocycles. The van der Waals surface area contributed by atoms with Gasteiger partial charge in [0.2, 0.25) is 0 Å². The number of hydrogen-bond acceptors (Lipinski definition) is 1. The Morgan fingerprint density at radius 1 is 1.08 bits per heavy atom. The Balaban J connectivity index is 1.90. The van der Waals surface area contributed by atoms with E-state index in [-0.39, 0.29) is 0 Å². The van der Waals surface area contributed by atoms with Gasteiger partial charge in [0.25, 0.3) is 0 Å². The van der Waals surface area contributed by atoms with E-state index in [1.54, 1.807) is 0 Å². The second kappa shape index (κ2) is 4.09. The lowest BCUT2D eigenvalue weighted by atomic mass is 9.68. The average Bonchev–Trinajstić information content (AvgIpc) is 2.16. The Hall–Kier alpha value is 0.755. The number of alkyl halides is 1. The molecule has 0 bridgehead atoms. The quantitative estimate of drug-likeness (QED) is 0.375.